The molecule has 1 heterocycles. The zero-order chi connectivity index (χ0) is 15.5. The van der Waals surface area contributed by atoms with Gasteiger partial charge in [0.1, 0.15) is 11.3 Å². The SMILES string of the molecule is CC(CN)c1ccc(Oc2cnccc2C(F)(F)F)cc1. The summed E-state index contributed by atoms with van der Waals surface area (Å²) in [5.74, 6) is 0.189. The maximum Gasteiger partial charge on any atom is 0.420 e. The number of rotatable bonds is 4. The highest BCUT2D eigenvalue weighted by Gasteiger charge is 2.34. The molecule has 0 fully saturated rings. The molecule has 1 aromatic heterocycles. The Kier molecular flexibility index (Phi) is 4.47. The van der Waals surface area contributed by atoms with Crippen LogP contribution in [0.2, 0.25) is 0 Å². The number of ether oxygens (including phenoxy) is 1. The van der Waals surface area contributed by atoms with Crippen LogP contribution >= 0.6 is 0 Å². The Balaban J connectivity index is 2.23. The van der Waals surface area contributed by atoms with Gasteiger partial charge in [-0.15, -0.1) is 0 Å². The molecule has 2 N–H and O–H groups in total. The lowest BCUT2D eigenvalue weighted by Crippen LogP contribution is -2.09. The van der Waals surface area contributed by atoms with Gasteiger partial charge in [-0.2, -0.15) is 13.2 Å². The first kappa shape index (κ1) is 15.3. The Bertz CT molecular complexity index is 597. The molecule has 0 radical (unpaired) electrons. The topological polar surface area (TPSA) is 48.1 Å². The van der Waals surface area contributed by atoms with Gasteiger partial charge in [0.15, 0.2) is 5.75 Å². The molecule has 0 bridgehead atoms. The number of pyridine rings is 1. The van der Waals surface area contributed by atoms with Crippen LogP contribution < -0.4 is 10.5 Å². The molecule has 21 heavy (non-hydrogen) atoms. The molecule has 0 saturated carbocycles. The first-order valence-electron chi connectivity index (χ1n) is 6.41. The van der Waals surface area contributed by atoms with Crippen molar-refractivity contribution in [1.82, 2.24) is 4.98 Å². The van der Waals surface area contributed by atoms with Crippen molar-refractivity contribution in [2.75, 3.05) is 6.54 Å². The van der Waals surface area contributed by atoms with Gasteiger partial charge in [-0.3, -0.25) is 4.98 Å². The molecule has 2 rings (SSSR count). The second-order valence-electron chi connectivity index (χ2n) is 4.68. The smallest absolute Gasteiger partial charge is 0.420 e. The number of nitrogens with zero attached hydrogens (tertiary/aromatic N) is 1. The van der Waals surface area contributed by atoms with E-state index in [-0.39, 0.29) is 11.7 Å². The highest BCUT2D eigenvalue weighted by molar-refractivity contribution is 5.38. The van der Waals surface area contributed by atoms with E-state index in [2.05, 4.69) is 4.98 Å². The Labute approximate surface area is 120 Å². The van der Waals surface area contributed by atoms with Crippen LogP contribution in [-0.4, -0.2) is 11.5 Å². The van der Waals surface area contributed by atoms with Crippen LogP contribution in [0.3, 0.4) is 0 Å². The molecule has 112 valence electrons. The molecule has 0 amide bonds. The number of alkyl halides is 3. The fourth-order valence-corrected chi connectivity index (χ4v) is 1.82. The molecule has 0 aliphatic carbocycles. The molecule has 6 heteroatoms. The average molecular weight is 296 g/mol. The van der Waals surface area contributed by atoms with Crippen molar-refractivity contribution in [3.8, 4) is 11.5 Å². The molecular weight excluding hydrogens is 281 g/mol. The number of nitrogens with two attached hydrogens (primary N) is 1. The maximum absolute atomic E-state index is 12.8. The van der Waals surface area contributed by atoms with E-state index >= 15 is 0 Å². The molecule has 0 saturated heterocycles. The maximum atomic E-state index is 12.8. The van der Waals surface area contributed by atoms with E-state index in [1.165, 1.54) is 0 Å². The van der Waals surface area contributed by atoms with Gasteiger partial charge >= 0.3 is 6.18 Å². The third kappa shape index (κ3) is 3.72. The highest BCUT2D eigenvalue weighted by Crippen LogP contribution is 2.37. The minimum atomic E-state index is -4.48. The molecule has 0 spiro atoms. The van der Waals surface area contributed by atoms with Gasteiger partial charge < -0.3 is 10.5 Å². The molecular formula is C15H15F3N2O. The molecule has 0 aliphatic heterocycles. The van der Waals surface area contributed by atoms with Crippen LogP contribution in [0.4, 0.5) is 13.2 Å². The van der Waals surface area contributed by atoms with Gasteiger partial charge in [0.05, 0.1) is 6.20 Å². The summed E-state index contributed by atoms with van der Waals surface area (Å²) in [5.41, 5.74) is 5.73. The third-order valence-electron chi connectivity index (χ3n) is 3.12. The molecule has 1 aromatic carbocycles. The van der Waals surface area contributed by atoms with Crippen LogP contribution in [0.25, 0.3) is 0 Å². The average Bonchev–Trinajstić information content (AvgIpc) is 2.47. The Hall–Kier alpha value is -2.08. The Morgan fingerprint density at radius 2 is 1.86 bits per heavy atom. The van der Waals surface area contributed by atoms with E-state index in [9.17, 15) is 13.2 Å². The predicted molar refractivity (Wildman–Crippen MR) is 73.2 cm³/mol. The fourth-order valence-electron chi connectivity index (χ4n) is 1.82. The van der Waals surface area contributed by atoms with E-state index in [4.69, 9.17) is 10.5 Å². The summed E-state index contributed by atoms with van der Waals surface area (Å²) >= 11 is 0. The van der Waals surface area contributed by atoms with Crippen molar-refractivity contribution in [3.05, 3.63) is 53.9 Å². The van der Waals surface area contributed by atoms with Gasteiger partial charge in [-0.25, -0.2) is 0 Å². The van der Waals surface area contributed by atoms with Crippen molar-refractivity contribution in [1.29, 1.82) is 0 Å². The number of halogens is 3. The summed E-state index contributed by atoms with van der Waals surface area (Å²) < 4.78 is 43.8. The van der Waals surface area contributed by atoms with Crippen LogP contribution in [0.5, 0.6) is 11.5 Å². The first-order valence-corrected chi connectivity index (χ1v) is 6.41. The highest BCUT2D eigenvalue weighted by atomic mass is 19.4. The monoisotopic (exact) mass is 296 g/mol. The zero-order valence-electron chi connectivity index (χ0n) is 11.4. The Morgan fingerprint density at radius 3 is 2.43 bits per heavy atom. The van der Waals surface area contributed by atoms with Crippen molar-refractivity contribution in [2.45, 2.75) is 19.0 Å². The Morgan fingerprint density at radius 1 is 1.19 bits per heavy atom. The normalized spacial score (nSPS) is 13.0. The second-order valence-corrected chi connectivity index (χ2v) is 4.68. The lowest BCUT2D eigenvalue weighted by Gasteiger charge is -2.14. The van der Waals surface area contributed by atoms with E-state index in [0.717, 1.165) is 24.0 Å². The van der Waals surface area contributed by atoms with E-state index < -0.39 is 11.7 Å². The molecule has 3 nitrogen and oxygen atoms in total. The lowest BCUT2D eigenvalue weighted by atomic mass is 10.0. The van der Waals surface area contributed by atoms with Crippen molar-refractivity contribution < 1.29 is 17.9 Å². The van der Waals surface area contributed by atoms with Gasteiger partial charge in [0, 0.05) is 6.20 Å². The number of aromatic nitrogens is 1. The molecule has 0 aliphatic rings. The lowest BCUT2D eigenvalue weighted by molar-refractivity contribution is -0.138. The van der Waals surface area contributed by atoms with E-state index in [1.807, 2.05) is 6.92 Å². The van der Waals surface area contributed by atoms with E-state index in [0.29, 0.717) is 12.3 Å². The number of benzene rings is 1. The van der Waals surface area contributed by atoms with Gasteiger partial charge in [0.25, 0.3) is 0 Å². The standard InChI is InChI=1S/C15H15F3N2O/c1-10(8-19)11-2-4-12(5-3-11)21-14-9-20-7-6-13(14)15(16,17)18/h2-7,9-10H,8,19H2,1H3. The summed E-state index contributed by atoms with van der Waals surface area (Å²) in [6, 6.07) is 7.70. The summed E-state index contributed by atoms with van der Waals surface area (Å²) in [6.07, 6.45) is -2.34. The second kappa shape index (κ2) is 6.13. The largest absolute Gasteiger partial charge is 0.455 e. The minimum Gasteiger partial charge on any atom is -0.455 e. The van der Waals surface area contributed by atoms with Crippen LogP contribution in [0.1, 0.15) is 24.0 Å². The minimum absolute atomic E-state index is 0.183. The van der Waals surface area contributed by atoms with Gasteiger partial charge in [-0.05, 0) is 36.2 Å². The summed E-state index contributed by atoms with van der Waals surface area (Å²) in [6.45, 7) is 2.47. The first-order chi connectivity index (χ1) is 9.91. The third-order valence-corrected chi connectivity index (χ3v) is 3.12. The summed E-state index contributed by atoms with van der Waals surface area (Å²) in [7, 11) is 0. The summed E-state index contributed by atoms with van der Waals surface area (Å²) in [5, 5.41) is 0. The van der Waals surface area contributed by atoms with Crippen molar-refractivity contribution in [2.24, 2.45) is 5.73 Å². The fraction of sp³-hybridized carbons (Fsp3) is 0.267. The van der Waals surface area contributed by atoms with Crippen LogP contribution in [0.15, 0.2) is 42.7 Å². The zero-order valence-corrected chi connectivity index (χ0v) is 11.4. The predicted octanol–water partition coefficient (Wildman–Crippen LogP) is 3.95. The molecule has 1 unspecified atom stereocenters. The van der Waals surface area contributed by atoms with Gasteiger partial charge in [0.2, 0.25) is 0 Å². The summed E-state index contributed by atoms with van der Waals surface area (Å²) in [4.78, 5) is 3.67. The van der Waals surface area contributed by atoms with Crippen LogP contribution in [-0.2, 0) is 6.18 Å². The molecule has 2 aromatic rings. The van der Waals surface area contributed by atoms with Crippen molar-refractivity contribution in [3.63, 3.8) is 0 Å². The van der Waals surface area contributed by atoms with E-state index in [1.54, 1.807) is 24.3 Å². The number of hydrogen-bond donors (Lipinski definition) is 1. The molecule has 1 atom stereocenters. The van der Waals surface area contributed by atoms with Crippen molar-refractivity contribution >= 4 is 0 Å². The van der Waals surface area contributed by atoms with Gasteiger partial charge in [-0.1, -0.05) is 19.1 Å². The number of hydrogen-bond acceptors (Lipinski definition) is 3. The van der Waals surface area contributed by atoms with Crippen LogP contribution in [0, 0.1) is 0 Å². The quantitative estimate of drug-likeness (QED) is 0.929.